The molecule has 6 nitrogen and oxygen atoms in total. The molecular weight excluding hydrogens is 997 g/mol. The third-order valence-electron chi connectivity index (χ3n) is 15.4. The van der Waals surface area contributed by atoms with E-state index in [-0.39, 0.29) is 31.1 Å². The second-order valence-electron chi connectivity index (χ2n) is 23.4. The molecule has 468 valence electrons. The maximum absolute atomic E-state index is 12.9. The van der Waals surface area contributed by atoms with Crippen LogP contribution in [0.2, 0.25) is 0 Å². The van der Waals surface area contributed by atoms with Gasteiger partial charge in [-0.25, -0.2) is 0 Å². The van der Waals surface area contributed by atoms with Gasteiger partial charge in [0.05, 0.1) is 0 Å². The van der Waals surface area contributed by atoms with Gasteiger partial charge in [0.2, 0.25) is 0 Å². The Morgan fingerprint density at radius 3 is 0.778 bits per heavy atom. The maximum Gasteiger partial charge on any atom is 0.306 e. The van der Waals surface area contributed by atoms with Crippen LogP contribution in [0, 0.1) is 0 Å². The van der Waals surface area contributed by atoms with Crippen molar-refractivity contribution in [2.75, 3.05) is 13.2 Å². The zero-order chi connectivity index (χ0) is 58.5. The lowest BCUT2D eigenvalue weighted by Crippen LogP contribution is -2.30. The molecule has 0 rings (SSSR count). The topological polar surface area (TPSA) is 78.9 Å². The van der Waals surface area contributed by atoms with Crippen LogP contribution < -0.4 is 0 Å². The van der Waals surface area contributed by atoms with Crippen LogP contribution in [-0.4, -0.2) is 37.2 Å². The molecular formula is C75H132O6. The van der Waals surface area contributed by atoms with Crippen LogP contribution in [0.3, 0.4) is 0 Å². The number of carbonyl (C=O) groups excluding carboxylic acids is 3. The Morgan fingerprint density at radius 1 is 0.259 bits per heavy atom. The monoisotopic (exact) mass is 1130 g/mol. The van der Waals surface area contributed by atoms with E-state index < -0.39 is 6.10 Å². The summed E-state index contributed by atoms with van der Waals surface area (Å²) in [5.41, 5.74) is 0. The van der Waals surface area contributed by atoms with Gasteiger partial charge in [0.15, 0.2) is 6.10 Å². The number of carbonyl (C=O) groups is 3. The molecule has 0 aromatic rings. The van der Waals surface area contributed by atoms with E-state index in [4.69, 9.17) is 14.2 Å². The van der Waals surface area contributed by atoms with Gasteiger partial charge in [-0.3, -0.25) is 14.4 Å². The minimum absolute atomic E-state index is 0.0739. The number of ether oxygens (including phenoxy) is 3. The number of hydrogen-bond acceptors (Lipinski definition) is 6. The summed E-state index contributed by atoms with van der Waals surface area (Å²) in [7, 11) is 0. The molecule has 1 atom stereocenters. The Bertz CT molecular complexity index is 1530. The van der Waals surface area contributed by atoms with Gasteiger partial charge in [-0.2, -0.15) is 0 Å². The van der Waals surface area contributed by atoms with E-state index in [0.29, 0.717) is 19.3 Å². The highest BCUT2D eigenvalue weighted by atomic mass is 16.6. The van der Waals surface area contributed by atoms with Gasteiger partial charge in [-0.1, -0.05) is 324 Å². The standard InChI is InChI=1S/C75H132O6/c1-4-7-10-13-16-19-22-25-27-29-30-31-32-33-34-35-36-37-38-39-40-41-42-43-44-46-47-50-53-56-59-62-65-68-74(77)80-71-72(70-79-73(76)67-64-61-58-55-52-49-24-21-18-15-12-9-6-3)81-75(78)69-66-63-60-57-54-51-48-45-28-26-23-20-17-14-11-8-5-2/h7,10,16-17,19-20,25-28,30-31,33-34,72H,4-6,8-9,11-15,18,21-24,29,32,35-71H2,1-3H3/b10-7-,19-16-,20-17-,27-25-,28-26-,31-30-,34-33-. The van der Waals surface area contributed by atoms with Crippen molar-refractivity contribution in [3.8, 4) is 0 Å². The van der Waals surface area contributed by atoms with Crippen molar-refractivity contribution in [1.29, 1.82) is 0 Å². The molecule has 6 heteroatoms. The Labute approximate surface area is 503 Å². The van der Waals surface area contributed by atoms with Crippen LogP contribution in [-0.2, 0) is 28.6 Å². The zero-order valence-corrected chi connectivity index (χ0v) is 53.8. The number of rotatable bonds is 64. The third kappa shape index (κ3) is 67.3. The lowest BCUT2D eigenvalue weighted by molar-refractivity contribution is -0.167. The highest BCUT2D eigenvalue weighted by molar-refractivity contribution is 5.71. The van der Waals surface area contributed by atoms with Gasteiger partial charge < -0.3 is 14.2 Å². The molecule has 0 saturated carbocycles. The van der Waals surface area contributed by atoms with E-state index in [0.717, 1.165) is 103 Å². The summed E-state index contributed by atoms with van der Waals surface area (Å²) >= 11 is 0. The normalized spacial score (nSPS) is 12.6. The van der Waals surface area contributed by atoms with Crippen molar-refractivity contribution in [1.82, 2.24) is 0 Å². The van der Waals surface area contributed by atoms with Crippen LogP contribution in [0.25, 0.3) is 0 Å². The molecule has 0 radical (unpaired) electrons. The average molecular weight is 1130 g/mol. The minimum Gasteiger partial charge on any atom is -0.462 e. The number of hydrogen-bond donors (Lipinski definition) is 0. The Kier molecular flexibility index (Phi) is 66.2. The van der Waals surface area contributed by atoms with Crippen molar-refractivity contribution in [2.45, 2.75) is 361 Å². The Morgan fingerprint density at radius 2 is 0.481 bits per heavy atom. The minimum atomic E-state index is -0.778. The first kappa shape index (κ1) is 77.6. The molecule has 0 aliphatic heterocycles. The van der Waals surface area contributed by atoms with Crippen LogP contribution >= 0.6 is 0 Å². The summed E-state index contributed by atoms with van der Waals surface area (Å²) in [5, 5.41) is 0. The first-order chi connectivity index (χ1) is 40.0. The summed E-state index contributed by atoms with van der Waals surface area (Å²) in [6.45, 7) is 6.54. The predicted molar refractivity (Wildman–Crippen MR) is 353 cm³/mol. The number of esters is 3. The third-order valence-corrected chi connectivity index (χ3v) is 15.4. The quantitative estimate of drug-likeness (QED) is 0.0261. The highest BCUT2D eigenvalue weighted by Crippen LogP contribution is 2.18. The smallest absolute Gasteiger partial charge is 0.306 e. The van der Waals surface area contributed by atoms with Gasteiger partial charge >= 0.3 is 17.9 Å². The summed E-state index contributed by atoms with van der Waals surface area (Å²) in [6.07, 6.45) is 91.8. The summed E-state index contributed by atoms with van der Waals surface area (Å²) < 4.78 is 17.0. The average Bonchev–Trinajstić information content (AvgIpc) is 3.46. The fourth-order valence-corrected chi connectivity index (χ4v) is 10.2. The Hall–Kier alpha value is -3.41. The van der Waals surface area contributed by atoms with E-state index in [2.05, 4.69) is 106 Å². The molecule has 1 unspecified atom stereocenters. The zero-order valence-electron chi connectivity index (χ0n) is 53.8. The van der Waals surface area contributed by atoms with Crippen molar-refractivity contribution >= 4 is 17.9 Å². The summed E-state index contributed by atoms with van der Waals surface area (Å²) in [5.74, 6) is -0.862. The lowest BCUT2D eigenvalue weighted by Gasteiger charge is -2.18. The molecule has 0 N–H and O–H groups in total. The maximum atomic E-state index is 12.9. The lowest BCUT2D eigenvalue weighted by atomic mass is 10.0. The first-order valence-corrected chi connectivity index (χ1v) is 35.1. The van der Waals surface area contributed by atoms with Crippen molar-refractivity contribution < 1.29 is 28.6 Å². The summed E-state index contributed by atoms with van der Waals surface area (Å²) in [4.78, 5) is 38.4. The van der Waals surface area contributed by atoms with E-state index in [9.17, 15) is 14.4 Å². The van der Waals surface area contributed by atoms with E-state index >= 15 is 0 Å². The van der Waals surface area contributed by atoms with Gasteiger partial charge in [0.25, 0.3) is 0 Å². The highest BCUT2D eigenvalue weighted by Gasteiger charge is 2.19. The van der Waals surface area contributed by atoms with Crippen molar-refractivity contribution in [3.05, 3.63) is 85.1 Å². The van der Waals surface area contributed by atoms with Crippen molar-refractivity contribution in [2.24, 2.45) is 0 Å². The van der Waals surface area contributed by atoms with Crippen LogP contribution in [0.5, 0.6) is 0 Å². The second kappa shape index (κ2) is 69.1. The number of allylic oxidation sites excluding steroid dienone is 14. The van der Waals surface area contributed by atoms with Gasteiger partial charge in [0.1, 0.15) is 13.2 Å². The molecule has 0 aromatic heterocycles. The molecule has 0 spiro atoms. The molecule has 0 aromatic carbocycles. The van der Waals surface area contributed by atoms with Gasteiger partial charge in [-0.05, 0) is 96.3 Å². The molecule has 0 fully saturated rings. The predicted octanol–water partition coefficient (Wildman–Crippen LogP) is 24.2. The summed E-state index contributed by atoms with van der Waals surface area (Å²) in [6, 6.07) is 0. The molecule has 0 heterocycles. The second-order valence-corrected chi connectivity index (χ2v) is 23.4. The van der Waals surface area contributed by atoms with E-state index in [1.165, 1.54) is 212 Å². The molecule has 0 aliphatic carbocycles. The number of unbranched alkanes of at least 4 members (excludes halogenated alkanes) is 39. The van der Waals surface area contributed by atoms with Crippen LogP contribution in [0.15, 0.2) is 85.1 Å². The Balaban J connectivity index is 4.16. The molecule has 81 heavy (non-hydrogen) atoms. The fourth-order valence-electron chi connectivity index (χ4n) is 10.2. The first-order valence-electron chi connectivity index (χ1n) is 35.1. The van der Waals surface area contributed by atoms with Crippen LogP contribution in [0.4, 0.5) is 0 Å². The van der Waals surface area contributed by atoms with Gasteiger partial charge in [0, 0.05) is 19.3 Å². The van der Waals surface area contributed by atoms with E-state index in [1.54, 1.807) is 0 Å². The van der Waals surface area contributed by atoms with Crippen LogP contribution in [0.1, 0.15) is 355 Å². The molecule has 0 saturated heterocycles. The SMILES string of the molecule is CC/C=C\C/C=C\C/C=C\C/C=C\C/C=C\CCCCCCCCCCCCCCCCCCCC(=O)OCC(COC(=O)CCCCCCCCCCCCCCC)OC(=O)CCCCCCCCC/C=C\C/C=C\CCCCC. The molecule has 0 bridgehead atoms. The van der Waals surface area contributed by atoms with Crippen molar-refractivity contribution in [3.63, 3.8) is 0 Å². The van der Waals surface area contributed by atoms with E-state index in [1.807, 2.05) is 0 Å². The molecule has 0 amide bonds. The fraction of sp³-hybridized carbons (Fsp3) is 0.773. The molecule has 0 aliphatic rings. The largest absolute Gasteiger partial charge is 0.462 e. The van der Waals surface area contributed by atoms with Gasteiger partial charge in [-0.15, -0.1) is 0 Å².